The van der Waals surface area contributed by atoms with Gasteiger partial charge in [0.25, 0.3) is 0 Å². The Morgan fingerprint density at radius 2 is 1.85 bits per heavy atom. The molecule has 0 bridgehead atoms. The van der Waals surface area contributed by atoms with Gasteiger partial charge in [0, 0.05) is 0 Å². The van der Waals surface area contributed by atoms with Crippen LogP contribution in [0.2, 0.25) is 18.1 Å². The van der Waals surface area contributed by atoms with Crippen LogP contribution in [0.5, 0.6) is 5.75 Å². The van der Waals surface area contributed by atoms with E-state index in [4.69, 9.17) is 23.4 Å². The second-order valence-electron chi connectivity index (χ2n) is 10.5. The molecule has 0 radical (unpaired) electrons. The van der Waals surface area contributed by atoms with Crippen LogP contribution in [-0.2, 0) is 25.2 Å². The minimum atomic E-state index is -1.95. The van der Waals surface area contributed by atoms with Gasteiger partial charge in [0.1, 0.15) is 24.1 Å². The molecule has 7 heteroatoms. The lowest BCUT2D eigenvalue weighted by molar-refractivity contribution is -0.154. The summed E-state index contributed by atoms with van der Waals surface area (Å²) in [4.78, 5) is 0. The van der Waals surface area contributed by atoms with Gasteiger partial charge in [-0.1, -0.05) is 45.6 Å². The highest BCUT2D eigenvalue weighted by Gasteiger charge is 2.46. The van der Waals surface area contributed by atoms with E-state index in [1.165, 1.54) is 0 Å². The summed E-state index contributed by atoms with van der Waals surface area (Å²) < 4.78 is 29.5. The van der Waals surface area contributed by atoms with Gasteiger partial charge in [0.2, 0.25) is 0 Å². The zero-order valence-corrected chi connectivity index (χ0v) is 22.5. The lowest BCUT2D eigenvalue weighted by Gasteiger charge is -2.37. The Hall–Kier alpha value is -1.48. The van der Waals surface area contributed by atoms with Crippen LogP contribution in [0, 0.1) is 0 Å². The molecule has 1 aromatic carbocycles. The largest absolute Gasteiger partial charge is 0.497 e. The first-order chi connectivity index (χ1) is 15.3. The van der Waals surface area contributed by atoms with Gasteiger partial charge in [0.05, 0.1) is 26.9 Å². The lowest BCUT2D eigenvalue weighted by atomic mass is 10.1. The first kappa shape index (κ1) is 27.8. The third-order valence-electron chi connectivity index (χ3n) is 6.32. The van der Waals surface area contributed by atoms with Crippen molar-refractivity contribution in [1.29, 1.82) is 0 Å². The van der Waals surface area contributed by atoms with Gasteiger partial charge in [-0.3, -0.25) is 0 Å². The van der Waals surface area contributed by atoms with Crippen LogP contribution in [0.25, 0.3) is 0 Å². The molecule has 1 heterocycles. The topological polar surface area (TPSA) is 66.4 Å². The zero-order chi connectivity index (χ0) is 24.9. The molecular weight excluding hydrogens is 436 g/mol. The molecule has 186 valence electrons. The molecule has 1 aliphatic heterocycles. The fourth-order valence-electron chi connectivity index (χ4n) is 3.29. The summed E-state index contributed by atoms with van der Waals surface area (Å²) >= 11 is 0. The van der Waals surface area contributed by atoms with Crippen molar-refractivity contribution < 1.29 is 28.5 Å². The van der Waals surface area contributed by atoms with Crippen molar-refractivity contribution in [3.63, 3.8) is 0 Å². The number of aliphatic hydroxyl groups excluding tert-OH is 1. The average molecular weight is 479 g/mol. The normalized spacial score (nSPS) is 22.3. The van der Waals surface area contributed by atoms with Crippen molar-refractivity contribution in [2.24, 2.45) is 0 Å². The number of hydrogen-bond donors (Lipinski definition) is 1. The molecule has 3 atom stereocenters. The highest BCUT2D eigenvalue weighted by Crippen LogP contribution is 2.38. The minimum absolute atomic E-state index is 0.0905. The molecule has 1 aliphatic rings. The second-order valence-corrected chi connectivity index (χ2v) is 15.3. The number of aliphatic hydroxyl groups is 1. The molecule has 1 aromatic rings. The Balaban J connectivity index is 2.00. The molecule has 0 unspecified atom stereocenters. The fraction of sp³-hybridized carbons (Fsp3) is 0.615. The van der Waals surface area contributed by atoms with E-state index >= 15 is 0 Å². The van der Waals surface area contributed by atoms with Gasteiger partial charge in [0.15, 0.2) is 14.1 Å². The Bertz CT molecular complexity index is 794. The van der Waals surface area contributed by atoms with Crippen LogP contribution in [0.4, 0.5) is 0 Å². The predicted octanol–water partition coefficient (Wildman–Crippen LogP) is 5.23. The van der Waals surface area contributed by atoms with Crippen molar-refractivity contribution in [2.45, 2.75) is 83.5 Å². The summed E-state index contributed by atoms with van der Waals surface area (Å²) in [5.41, 5.74) is 1.82. The maximum Gasteiger partial charge on any atom is 0.192 e. The van der Waals surface area contributed by atoms with Gasteiger partial charge in [-0.25, -0.2) is 0 Å². The summed E-state index contributed by atoms with van der Waals surface area (Å²) in [7, 11) is -0.314. The van der Waals surface area contributed by atoms with E-state index in [-0.39, 0.29) is 11.1 Å². The molecule has 6 nitrogen and oxygen atoms in total. The summed E-state index contributed by atoms with van der Waals surface area (Å²) in [6.07, 6.45) is 1.64. The molecule has 2 rings (SSSR count). The number of hydrogen-bond acceptors (Lipinski definition) is 6. The van der Waals surface area contributed by atoms with E-state index in [1.807, 2.05) is 38.1 Å². The van der Waals surface area contributed by atoms with Gasteiger partial charge in [-0.15, -0.1) is 0 Å². The highest BCUT2D eigenvalue weighted by molar-refractivity contribution is 6.74. The Kier molecular flexibility index (Phi) is 9.50. The summed E-state index contributed by atoms with van der Waals surface area (Å²) in [6.45, 7) is 19.7. The van der Waals surface area contributed by atoms with Gasteiger partial charge < -0.3 is 28.5 Å². The summed E-state index contributed by atoms with van der Waals surface area (Å²) in [5.74, 6) is 0.0162. The van der Waals surface area contributed by atoms with E-state index in [9.17, 15) is 5.11 Å². The number of rotatable bonds is 11. The van der Waals surface area contributed by atoms with Crippen molar-refractivity contribution in [3.8, 4) is 5.75 Å². The molecule has 0 aliphatic carbocycles. The maximum absolute atomic E-state index is 11.0. The van der Waals surface area contributed by atoms with Crippen LogP contribution in [0.3, 0.4) is 0 Å². The lowest BCUT2D eigenvalue weighted by Crippen LogP contribution is -2.45. The minimum Gasteiger partial charge on any atom is -0.497 e. The molecular formula is C26H42O6Si. The molecule has 1 fully saturated rings. The number of ether oxygens (including phenoxy) is 4. The van der Waals surface area contributed by atoms with Crippen molar-refractivity contribution in [3.05, 3.63) is 54.1 Å². The standard InChI is InChI=1S/C26H42O6Si/c1-10-19(16-29-17-20-11-13-21(28-7)14-12-20)15-22(27)24-23(31-26(5,6)32-24)18-30-33(8,9)25(2,3)4/h10-15,22-24,27H,1,16-18H2,2-9H3/b19-15-/t22-,23-,24-/m0/s1. The summed E-state index contributed by atoms with van der Waals surface area (Å²) in [5, 5.41) is 11.1. The zero-order valence-electron chi connectivity index (χ0n) is 21.5. The predicted molar refractivity (Wildman–Crippen MR) is 134 cm³/mol. The molecule has 1 N–H and O–H groups in total. The van der Waals surface area contributed by atoms with E-state index in [0.29, 0.717) is 19.8 Å². The van der Waals surface area contributed by atoms with Crippen LogP contribution in [-0.4, -0.2) is 57.8 Å². The average Bonchev–Trinajstić information content (AvgIpc) is 3.06. The van der Waals surface area contributed by atoms with Crippen LogP contribution < -0.4 is 4.74 Å². The number of benzene rings is 1. The Morgan fingerprint density at radius 3 is 2.39 bits per heavy atom. The third kappa shape index (κ3) is 8.05. The Labute approximate surface area is 200 Å². The molecule has 0 saturated carbocycles. The van der Waals surface area contributed by atoms with E-state index in [0.717, 1.165) is 16.9 Å². The first-order valence-corrected chi connectivity index (χ1v) is 14.4. The van der Waals surface area contributed by atoms with E-state index in [1.54, 1.807) is 19.3 Å². The van der Waals surface area contributed by atoms with E-state index < -0.39 is 26.3 Å². The SMILES string of the molecule is C=C/C(=C/[C@H](O)[C@@H]1OC(C)(C)O[C@H]1CO[Si](C)(C)C(C)(C)C)COCc1ccc(OC)cc1. The van der Waals surface area contributed by atoms with Crippen LogP contribution >= 0.6 is 0 Å². The molecule has 33 heavy (non-hydrogen) atoms. The van der Waals surface area contributed by atoms with Crippen molar-refractivity contribution in [2.75, 3.05) is 20.3 Å². The summed E-state index contributed by atoms with van der Waals surface area (Å²) in [6, 6.07) is 7.73. The fourth-order valence-corrected chi connectivity index (χ4v) is 4.30. The monoisotopic (exact) mass is 478 g/mol. The smallest absolute Gasteiger partial charge is 0.192 e. The van der Waals surface area contributed by atoms with Crippen molar-refractivity contribution in [1.82, 2.24) is 0 Å². The van der Waals surface area contributed by atoms with Gasteiger partial charge >= 0.3 is 0 Å². The number of methoxy groups -OCH3 is 1. The first-order valence-electron chi connectivity index (χ1n) is 11.5. The molecule has 1 saturated heterocycles. The third-order valence-corrected chi connectivity index (χ3v) is 10.8. The molecule has 0 aromatic heterocycles. The Morgan fingerprint density at radius 1 is 1.21 bits per heavy atom. The van der Waals surface area contributed by atoms with Crippen LogP contribution in [0.15, 0.2) is 48.6 Å². The van der Waals surface area contributed by atoms with E-state index in [2.05, 4.69) is 40.4 Å². The van der Waals surface area contributed by atoms with Gasteiger partial charge in [-0.05, 0) is 61.3 Å². The molecule has 0 amide bonds. The van der Waals surface area contributed by atoms with Crippen LogP contribution in [0.1, 0.15) is 40.2 Å². The van der Waals surface area contributed by atoms with Gasteiger partial charge in [-0.2, -0.15) is 0 Å². The maximum atomic E-state index is 11.0. The second kappa shape index (κ2) is 11.3. The molecule has 0 spiro atoms. The quantitative estimate of drug-likeness (QED) is 0.347. The van der Waals surface area contributed by atoms with Crippen molar-refractivity contribution >= 4 is 8.32 Å². The highest BCUT2D eigenvalue weighted by atomic mass is 28.4.